The Bertz CT molecular complexity index is 464. The summed E-state index contributed by atoms with van der Waals surface area (Å²) in [5.74, 6) is 0.162. The van der Waals surface area contributed by atoms with Gasteiger partial charge in [-0.15, -0.1) is 0 Å². The summed E-state index contributed by atoms with van der Waals surface area (Å²) in [6.45, 7) is 3.63. The number of anilines is 1. The lowest BCUT2D eigenvalue weighted by atomic mass is 9.93. The van der Waals surface area contributed by atoms with Crippen LogP contribution in [-0.2, 0) is 4.79 Å². The maximum absolute atomic E-state index is 11.4. The fourth-order valence-corrected chi connectivity index (χ4v) is 2.15. The Hall–Kier alpha value is -1.90. The van der Waals surface area contributed by atoms with Crippen LogP contribution < -0.4 is 4.90 Å². The third-order valence-corrected chi connectivity index (χ3v) is 2.85. The summed E-state index contributed by atoms with van der Waals surface area (Å²) >= 11 is 0. The number of aliphatic imine (C=N–C) groups is 1. The Morgan fingerprint density at radius 3 is 2.71 bits per heavy atom. The molecule has 3 heteroatoms. The van der Waals surface area contributed by atoms with Crippen LogP contribution in [0.4, 0.5) is 5.69 Å². The van der Waals surface area contributed by atoms with Crippen LogP contribution in [0.1, 0.15) is 20.3 Å². The van der Waals surface area contributed by atoms with Crippen molar-refractivity contribution in [1.29, 1.82) is 0 Å². The second kappa shape index (κ2) is 4.53. The number of benzene rings is 1. The van der Waals surface area contributed by atoms with E-state index in [0.29, 0.717) is 6.42 Å². The van der Waals surface area contributed by atoms with E-state index < -0.39 is 0 Å². The van der Waals surface area contributed by atoms with Gasteiger partial charge in [0.2, 0.25) is 0 Å². The fourth-order valence-electron chi connectivity index (χ4n) is 2.15. The first kappa shape index (κ1) is 11.6. The molecule has 1 aromatic rings. The average Bonchev–Trinajstić information content (AvgIpc) is 2.29. The predicted octanol–water partition coefficient (Wildman–Crippen LogP) is 2.79. The van der Waals surface area contributed by atoms with Gasteiger partial charge in [0.25, 0.3) is 0 Å². The largest absolute Gasteiger partial charge is 0.335 e. The molecule has 1 aliphatic heterocycles. The van der Waals surface area contributed by atoms with Gasteiger partial charge in [-0.3, -0.25) is 9.79 Å². The smallest absolute Gasteiger partial charge is 0.132 e. The van der Waals surface area contributed by atoms with Crippen molar-refractivity contribution in [2.75, 3.05) is 4.90 Å². The molecule has 0 aromatic heterocycles. The minimum absolute atomic E-state index is 0.162. The molecule has 17 heavy (non-hydrogen) atoms. The molecular weight excluding hydrogens is 212 g/mol. The van der Waals surface area contributed by atoms with E-state index in [1.807, 2.05) is 49.7 Å². The van der Waals surface area contributed by atoms with Crippen LogP contribution in [0.2, 0.25) is 0 Å². The topological polar surface area (TPSA) is 32.7 Å². The zero-order valence-electron chi connectivity index (χ0n) is 10.1. The van der Waals surface area contributed by atoms with Crippen LogP contribution in [0, 0.1) is 0 Å². The number of hydrogen-bond acceptors (Lipinski definition) is 3. The van der Waals surface area contributed by atoms with Gasteiger partial charge in [-0.2, -0.15) is 0 Å². The second-order valence-electron chi connectivity index (χ2n) is 4.52. The number of rotatable bonds is 3. The van der Waals surface area contributed by atoms with E-state index in [0.717, 1.165) is 5.69 Å². The van der Waals surface area contributed by atoms with Crippen LogP contribution in [-0.4, -0.2) is 17.5 Å². The van der Waals surface area contributed by atoms with Gasteiger partial charge in [-0.1, -0.05) is 18.2 Å². The molecule has 0 N–H and O–H groups in total. The number of carbonyl (C=O) groups is 1. The van der Waals surface area contributed by atoms with Gasteiger partial charge >= 0.3 is 0 Å². The van der Waals surface area contributed by atoms with Crippen molar-refractivity contribution in [3.8, 4) is 0 Å². The van der Waals surface area contributed by atoms with E-state index >= 15 is 0 Å². The fraction of sp³-hybridized carbons (Fsp3) is 0.286. The van der Waals surface area contributed by atoms with Crippen molar-refractivity contribution in [1.82, 2.24) is 0 Å². The van der Waals surface area contributed by atoms with Crippen LogP contribution in [0.5, 0.6) is 0 Å². The van der Waals surface area contributed by atoms with Gasteiger partial charge < -0.3 is 4.90 Å². The molecule has 1 atom stereocenters. The van der Waals surface area contributed by atoms with Crippen molar-refractivity contribution in [2.45, 2.75) is 25.8 Å². The maximum atomic E-state index is 11.4. The number of ketones is 1. The number of hydrogen-bond donors (Lipinski definition) is 0. The molecule has 0 saturated carbocycles. The van der Waals surface area contributed by atoms with E-state index in [2.05, 4.69) is 9.89 Å². The highest BCUT2D eigenvalue weighted by molar-refractivity contribution is 5.88. The zero-order chi connectivity index (χ0) is 12.3. The molecule has 1 aromatic carbocycles. The summed E-state index contributed by atoms with van der Waals surface area (Å²) in [5.41, 5.74) is 0.695. The highest BCUT2D eigenvalue weighted by atomic mass is 16.1. The highest BCUT2D eigenvalue weighted by Crippen LogP contribution is 2.28. The molecule has 1 heterocycles. The van der Waals surface area contributed by atoms with Crippen LogP contribution in [0.25, 0.3) is 0 Å². The summed E-state index contributed by atoms with van der Waals surface area (Å²) in [4.78, 5) is 17.6. The zero-order valence-corrected chi connectivity index (χ0v) is 10.1. The minimum atomic E-state index is -0.373. The SMILES string of the molecule is CC(=O)CC1(C)C=NC=CN1c1ccccc1. The van der Waals surface area contributed by atoms with Gasteiger partial charge in [-0.05, 0) is 26.0 Å². The summed E-state index contributed by atoms with van der Waals surface area (Å²) in [6, 6.07) is 10.0. The summed E-state index contributed by atoms with van der Waals surface area (Å²) in [5, 5.41) is 0. The van der Waals surface area contributed by atoms with Crippen molar-refractivity contribution < 1.29 is 4.79 Å². The Labute approximate surface area is 101 Å². The summed E-state index contributed by atoms with van der Waals surface area (Å²) in [7, 11) is 0. The quantitative estimate of drug-likeness (QED) is 0.797. The Morgan fingerprint density at radius 2 is 2.06 bits per heavy atom. The van der Waals surface area contributed by atoms with Crippen LogP contribution >= 0.6 is 0 Å². The molecule has 0 bridgehead atoms. The van der Waals surface area contributed by atoms with Gasteiger partial charge in [0.05, 0.1) is 5.54 Å². The predicted molar refractivity (Wildman–Crippen MR) is 70.3 cm³/mol. The molecule has 88 valence electrons. The highest BCUT2D eigenvalue weighted by Gasteiger charge is 2.32. The molecule has 2 rings (SSSR count). The second-order valence-corrected chi connectivity index (χ2v) is 4.52. The number of nitrogens with zero attached hydrogens (tertiary/aromatic N) is 2. The van der Waals surface area contributed by atoms with E-state index in [-0.39, 0.29) is 11.3 Å². The van der Waals surface area contributed by atoms with Gasteiger partial charge in [0.15, 0.2) is 0 Å². The third-order valence-electron chi connectivity index (χ3n) is 2.85. The number of Topliss-reactive ketones (excluding diaryl/α,β-unsaturated/α-hetero) is 1. The minimum Gasteiger partial charge on any atom is -0.335 e. The summed E-state index contributed by atoms with van der Waals surface area (Å²) in [6.07, 6.45) is 5.95. The monoisotopic (exact) mass is 228 g/mol. The molecule has 0 amide bonds. The molecule has 0 radical (unpaired) electrons. The lowest BCUT2D eigenvalue weighted by Gasteiger charge is -2.38. The van der Waals surface area contributed by atoms with Crippen molar-refractivity contribution in [3.63, 3.8) is 0 Å². The van der Waals surface area contributed by atoms with E-state index in [1.165, 1.54) is 0 Å². The Kier molecular flexibility index (Phi) is 3.09. The Balaban J connectivity index is 2.34. The van der Waals surface area contributed by atoms with Gasteiger partial charge in [-0.25, -0.2) is 0 Å². The third kappa shape index (κ3) is 2.44. The lowest BCUT2D eigenvalue weighted by molar-refractivity contribution is -0.117. The van der Waals surface area contributed by atoms with E-state index in [4.69, 9.17) is 0 Å². The average molecular weight is 228 g/mol. The molecule has 1 unspecified atom stereocenters. The number of carbonyl (C=O) groups excluding carboxylic acids is 1. The first-order valence-electron chi connectivity index (χ1n) is 5.67. The molecule has 0 fully saturated rings. The lowest BCUT2D eigenvalue weighted by Crippen LogP contribution is -2.47. The molecule has 0 saturated heterocycles. The van der Waals surface area contributed by atoms with E-state index in [9.17, 15) is 4.79 Å². The van der Waals surface area contributed by atoms with Crippen molar-refractivity contribution >= 4 is 17.7 Å². The first-order valence-corrected chi connectivity index (χ1v) is 5.67. The standard InChI is InChI=1S/C14H16N2O/c1-12(17)10-14(2)11-15-8-9-16(14)13-6-4-3-5-7-13/h3-9,11H,10H2,1-2H3. The van der Waals surface area contributed by atoms with Gasteiger partial charge in [0.1, 0.15) is 5.78 Å². The Morgan fingerprint density at radius 1 is 1.35 bits per heavy atom. The van der Waals surface area contributed by atoms with Crippen LogP contribution in [0.3, 0.4) is 0 Å². The molecular formula is C14H16N2O. The maximum Gasteiger partial charge on any atom is 0.132 e. The van der Waals surface area contributed by atoms with E-state index in [1.54, 1.807) is 13.1 Å². The van der Waals surface area contributed by atoms with Gasteiger partial charge in [0, 0.05) is 30.7 Å². The molecule has 3 nitrogen and oxygen atoms in total. The summed E-state index contributed by atoms with van der Waals surface area (Å²) < 4.78 is 0. The molecule has 1 aliphatic rings. The molecule has 0 aliphatic carbocycles. The molecule has 0 spiro atoms. The first-order chi connectivity index (χ1) is 8.12. The normalized spacial score (nSPS) is 22.8. The van der Waals surface area contributed by atoms with Crippen molar-refractivity contribution in [2.24, 2.45) is 4.99 Å². The van der Waals surface area contributed by atoms with Crippen molar-refractivity contribution in [3.05, 3.63) is 42.7 Å². The van der Waals surface area contributed by atoms with Crippen LogP contribution in [0.15, 0.2) is 47.7 Å². The number of para-hydroxylation sites is 1.